The van der Waals surface area contributed by atoms with Crippen LogP contribution in [0.3, 0.4) is 0 Å². The molecule has 0 fully saturated rings. The van der Waals surface area contributed by atoms with Gasteiger partial charge in [0.25, 0.3) is 0 Å². The summed E-state index contributed by atoms with van der Waals surface area (Å²) < 4.78 is 0. The lowest BCUT2D eigenvalue weighted by Crippen LogP contribution is -2.02. The van der Waals surface area contributed by atoms with Gasteiger partial charge in [0.2, 0.25) is 11.6 Å². The van der Waals surface area contributed by atoms with Gasteiger partial charge in [-0.2, -0.15) is 0 Å². The molecule has 0 saturated heterocycles. The molecule has 0 aliphatic carbocycles. The van der Waals surface area contributed by atoms with Gasteiger partial charge in [0, 0.05) is 11.9 Å². The average molecular weight is 148 g/mol. The van der Waals surface area contributed by atoms with Crippen molar-refractivity contribution < 1.29 is 4.79 Å². The van der Waals surface area contributed by atoms with Gasteiger partial charge in [0.15, 0.2) is 0 Å². The molecule has 11 heavy (non-hydrogen) atoms. The van der Waals surface area contributed by atoms with Crippen LogP contribution in [0.15, 0.2) is 24.9 Å². The summed E-state index contributed by atoms with van der Waals surface area (Å²) >= 11 is 0. The van der Waals surface area contributed by atoms with Crippen LogP contribution in [0.5, 0.6) is 0 Å². The Labute approximate surface area is 64.8 Å². The normalized spacial score (nSPS) is 9.18. The highest BCUT2D eigenvalue weighted by molar-refractivity contribution is 6.01. The molecule has 1 rings (SSSR count). The van der Waals surface area contributed by atoms with Crippen molar-refractivity contribution in [3.05, 3.63) is 36.4 Å². The summed E-state index contributed by atoms with van der Waals surface area (Å²) in [5.41, 5.74) is 0.783. The van der Waals surface area contributed by atoms with Gasteiger partial charge in [-0.15, -0.1) is 0 Å². The summed E-state index contributed by atoms with van der Waals surface area (Å²) in [6, 6.07) is 1.74. The topological polar surface area (TPSA) is 42.9 Å². The van der Waals surface area contributed by atoms with Crippen molar-refractivity contribution in [3.63, 3.8) is 0 Å². The molecule has 56 valence electrons. The van der Waals surface area contributed by atoms with Crippen molar-refractivity contribution in [1.82, 2.24) is 9.97 Å². The summed E-state index contributed by atoms with van der Waals surface area (Å²) in [4.78, 5) is 18.6. The van der Waals surface area contributed by atoms with E-state index in [-0.39, 0.29) is 11.6 Å². The van der Waals surface area contributed by atoms with E-state index < -0.39 is 0 Å². The Hall–Kier alpha value is -1.51. The number of carbonyl (C=O) groups is 1. The van der Waals surface area contributed by atoms with Crippen LogP contribution in [0, 0.1) is 6.92 Å². The molecule has 0 atom stereocenters. The monoisotopic (exact) mass is 148 g/mol. The zero-order valence-electron chi connectivity index (χ0n) is 6.24. The molecule has 3 nitrogen and oxygen atoms in total. The highest BCUT2D eigenvalue weighted by Crippen LogP contribution is 1.94. The molecule has 0 bridgehead atoms. The highest BCUT2D eigenvalue weighted by atomic mass is 16.1. The number of aromatic nitrogens is 2. The predicted molar refractivity (Wildman–Crippen MR) is 41.3 cm³/mol. The molecule has 1 aromatic rings. The lowest BCUT2D eigenvalue weighted by molar-refractivity contribution is 0.103. The quantitative estimate of drug-likeness (QED) is 0.466. The summed E-state index contributed by atoms with van der Waals surface area (Å²) in [5, 5.41) is 0. The first kappa shape index (κ1) is 7.60. The molecule has 0 aliphatic rings. The van der Waals surface area contributed by atoms with Gasteiger partial charge in [-0.1, -0.05) is 6.58 Å². The molecule has 0 radical (unpaired) electrons. The number of hydrogen-bond donors (Lipinski definition) is 0. The molecular weight excluding hydrogens is 140 g/mol. The van der Waals surface area contributed by atoms with Crippen molar-refractivity contribution in [3.8, 4) is 0 Å². The number of allylic oxidation sites excluding steroid dienone is 1. The molecule has 0 spiro atoms. The van der Waals surface area contributed by atoms with Crippen LogP contribution in [0.2, 0.25) is 0 Å². The molecular formula is C8H8N2O. The summed E-state index contributed by atoms with van der Waals surface area (Å²) in [6.45, 7) is 5.14. The van der Waals surface area contributed by atoms with E-state index in [1.807, 2.05) is 6.92 Å². The van der Waals surface area contributed by atoms with Crippen molar-refractivity contribution in [2.24, 2.45) is 0 Å². The maximum atomic E-state index is 10.9. The van der Waals surface area contributed by atoms with E-state index in [0.717, 1.165) is 5.69 Å². The molecule has 0 unspecified atom stereocenters. The van der Waals surface area contributed by atoms with E-state index >= 15 is 0 Å². The standard InChI is InChI=1S/C8H8N2O/c1-3-7(11)8-9-5-4-6(2)10-8/h3-5H,1H2,2H3. The Morgan fingerprint density at radius 3 is 3.00 bits per heavy atom. The van der Waals surface area contributed by atoms with Gasteiger partial charge < -0.3 is 0 Å². The van der Waals surface area contributed by atoms with Gasteiger partial charge >= 0.3 is 0 Å². The molecule has 0 saturated carbocycles. The number of nitrogens with zero attached hydrogens (tertiary/aromatic N) is 2. The molecule has 1 heterocycles. The lowest BCUT2D eigenvalue weighted by Gasteiger charge is -1.93. The first-order chi connectivity index (χ1) is 5.24. The van der Waals surface area contributed by atoms with Gasteiger partial charge in [-0.3, -0.25) is 4.79 Å². The Kier molecular flexibility index (Phi) is 2.11. The summed E-state index contributed by atoms with van der Waals surface area (Å²) in [7, 11) is 0. The van der Waals surface area contributed by atoms with Gasteiger partial charge in [-0.05, 0) is 19.1 Å². The van der Waals surface area contributed by atoms with Crippen LogP contribution in [-0.2, 0) is 0 Å². The minimum absolute atomic E-state index is 0.208. The fourth-order valence-electron chi connectivity index (χ4n) is 0.659. The highest BCUT2D eigenvalue weighted by Gasteiger charge is 2.02. The smallest absolute Gasteiger partial charge is 0.222 e. The fourth-order valence-corrected chi connectivity index (χ4v) is 0.659. The number of hydrogen-bond acceptors (Lipinski definition) is 3. The van der Waals surface area contributed by atoms with Crippen LogP contribution in [-0.4, -0.2) is 15.8 Å². The van der Waals surface area contributed by atoms with Crippen molar-refractivity contribution in [1.29, 1.82) is 0 Å². The van der Waals surface area contributed by atoms with Crippen LogP contribution in [0.4, 0.5) is 0 Å². The maximum Gasteiger partial charge on any atom is 0.222 e. The van der Waals surface area contributed by atoms with E-state index in [1.54, 1.807) is 12.3 Å². The summed E-state index contributed by atoms with van der Waals surface area (Å²) in [6.07, 6.45) is 2.76. The zero-order chi connectivity index (χ0) is 8.27. The van der Waals surface area contributed by atoms with Gasteiger partial charge in [0.05, 0.1) is 0 Å². The van der Waals surface area contributed by atoms with Crippen molar-refractivity contribution in [2.45, 2.75) is 6.92 Å². The molecule has 0 aromatic carbocycles. The van der Waals surface area contributed by atoms with E-state index in [4.69, 9.17) is 0 Å². The van der Waals surface area contributed by atoms with Crippen LogP contribution in [0.1, 0.15) is 16.3 Å². The minimum atomic E-state index is -0.242. The second-order valence-corrected chi connectivity index (χ2v) is 2.09. The first-order valence-corrected chi connectivity index (χ1v) is 3.20. The SMILES string of the molecule is C=CC(=O)c1nccc(C)n1. The third kappa shape index (κ3) is 1.70. The molecule has 3 heteroatoms. The number of ketones is 1. The summed E-state index contributed by atoms with van der Waals surface area (Å²) in [5.74, 6) is -0.0336. The Morgan fingerprint density at radius 2 is 2.45 bits per heavy atom. The Bertz CT molecular complexity index is 294. The lowest BCUT2D eigenvalue weighted by atomic mass is 10.3. The zero-order valence-corrected chi connectivity index (χ0v) is 6.24. The van der Waals surface area contributed by atoms with Gasteiger partial charge in [0.1, 0.15) is 0 Å². The van der Waals surface area contributed by atoms with Crippen LogP contribution < -0.4 is 0 Å². The Balaban J connectivity index is 3.05. The second-order valence-electron chi connectivity index (χ2n) is 2.09. The van der Waals surface area contributed by atoms with Gasteiger partial charge in [-0.25, -0.2) is 9.97 Å². The first-order valence-electron chi connectivity index (χ1n) is 3.20. The van der Waals surface area contributed by atoms with Crippen molar-refractivity contribution >= 4 is 5.78 Å². The fraction of sp³-hybridized carbons (Fsp3) is 0.125. The molecule has 1 aromatic heterocycles. The molecule has 0 N–H and O–H groups in total. The number of aryl methyl sites for hydroxylation is 1. The number of rotatable bonds is 2. The third-order valence-corrected chi connectivity index (χ3v) is 1.20. The van der Waals surface area contributed by atoms with Crippen LogP contribution >= 0.6 is 0 Å². The predicted octanol–water partition coefficient (Wildman–Crippen LogP) is 1.15. The Morgan fingerprint density at radius 1 is 1.73 bits per heavy atom. The van der Waals surface area contributed by atoms with Crippen molar-refractivity contribution in [2.75, 3.05) is 0 Å². The molecule has 0 amide bonds. The van der Waals surface area contributed by atoms with E-state index in [2.05, 4.69) is 16.5 Å². The maximum absolute atomic E-state index is 10.9. The minimum Gasteiger partial charge on any atom is -0.286 e. The average Bonchev–Trinajstić information content (AvgIpc) is 2.03. The van der Waals surface area contributed by atoms with Crippen LogP contribution in [0.25, 0.3) is 0 Å². The second kappa shape index (κ2) is 3.05. The van der Waals surface area contributed by atoms with E-state index in [1.165, 1.54) is 6.08 Å². The molecule has 0 aliphatic heterocycles. The largest absolute Gasteiger partial charge is 0.286 e. The van der Waals surface area contributed by atoms with E-state index in [0.29, 0.717) is 0 Å². The number of carbonyl (C=O) groups excluding carboxylic acids is 1. The third-order valence-electron chi connectivity index (χ3n) is 1.20. The van der Waals surface area contributed by atoms with E-state index in [9.17, 15) is 4.79 Å².